The molecule has 1 aromatic rings. The lowest BCUT2D eigenvalue weighted by Crippen LogP contribution is -2.29. The van der Waals surface area contributed by atoms with Crippen LogP contribution in [0.3, 0.4) is 0 Å². The Bertz CT molecular complexity index is 531. The minimum absolute atomic E-state index is 0.0882. The van der Waals surface area contributed by atoms with E-state index in [2.05, 4.69) is 10.2 Å². The minimum Gasteiger partial charge on any atom is -0.298 e. The molecule has 1 aromatic heterocycles. The maximum atomic E-state index is 11.5. The van der Waals surface area contributed by atoms with E-state index in [-0.39, 0.29) is 23.0 Å². The fraction of sp³-hybridized carbons (Fsp3) is 0.818. The number of aromatic nitrogens is 3. The highest BCUT2D eigenvalue weighted by Crippen LogP contribution is 2.32. The van der Waals surface area contributed by atoms with Crippen LogP contribution in [0.2, 0.25) is 5.28 Å². The number of sulfone groups is 1. The molecule has 0 amide bonds. The van der Waals surface area contributed by atoms with Crippen LogP contribution in [0.25, 0.3) is 0 Å². The second-order valence-corrected chi connectivity index (χ2v) is 8.44. The van der Waals surface area contributed by atoms with Crippen LogP contribution < -0.4 is 0 Å². The summed E-state index contributed by atoms with van der Waals surface area (Å²) in [5, 5.41) is 8.40. The largest absolute Gasteiger partial charge is 0.298 e. The first-order valence-corrected chi connectivity index (χ1v) is 8.22. The van der Waals surface area contributed by atoms with Gasteiger partial charge in [-0.25, -0.2) is 8.42 Å². The van der Waals surface area contributed by atoms with Crippen LogP contribution in [0.4, 0.5) is 0 Å². The summed E-state index contributed by atoms with van der Waals surface area (Å²) in [4.78, 5) is 0. The molecule has 5 nitrogen and oxygen atoms in total. The Morgan fingerprint density at radius 3 is 2.28 bits per heavy atom. The summed E-state index contributed by atoms with van der Waals surface area (Å²) in [5.74, 6) is 1.25. The maximum absolute atomic E-state index is 11.5. The average molecular weight is 292 g/mol. The molecule has 0 atom stereocenters. The van der Waals surface area contributed by atoms with Gasteiger partial charge in [0.1, 0.15) is 15.7 Å². The molecule has 0 bridgehead atoms. The number of rotatable bonds is 1. The van der Waals surface area contributed by atoms with Crippen molar-refractivity contribution in [1.29, 1.82) is 0 Å². The molecule has 7 heteroatoms. The Hall–Kier alpha value is -0.620. The van der Waals surface area contributed by atoms with Crippen molar-refractivity contribution in [3.63, 3.8) is 0 Å². The Balaban J connectivity index is 2.32. The van der Waals surface area contributed by atoms with E-state index < -0.39 is 9.84 Å². The molecule has 1 fully saturated rings. The third-order valence-electron chi connectivity index (χ3n) is 3.21. The molecule has 0 aromatic carbocycles. The second-order valence-electron chi connectivity index (χ2n) is 5.80. The standard InChI is InChI=1S/C11H18ClN3O2S/c1-11(2,3)9-13-14-10(12)15(9)8-4-6-18(16,17)7-5-8/h8H,4-7H2,1-3H3. The third-order valence-corrected chi connectivity index (χ3v) is 5.19. The number of hydrogen-bond donors (Lipinski definition) is 0. The van der Waals surface area contributed by atoms with Gasteiger partial charge >= 0.3 is 0 Å². The normalized spacial score (nSPS) is 21.1. The lowest BCUT2D eigenvalue weighted by atomic mass is 9.95. The first-order chi connectivity index (χ1) is 8.21. The summed E-state index contributed by atoms with van der Waals surface area (Å²) >= 11 is 6.10. The van der Waals surface area contributed by atoms with Gasteiger partial charge in [-0.1, -0.05) is 20.8 Å². The molecule has 0 saturated carbocycles. The van der Waals surface area contributed by atoms with Gasteiger partial charge in [-0.3, -0.25) is 4.57 Å². The summed E-state index contributed by atoms with van der Waals surface area (Å²) in [5.41, 5.74) is -0.156. The molecule has 0 aliphatic carbocycles. The van der Waals surface area contributed by atoms with Crippen molar-refractivity contribution in [3.05, 3.63) is 11.1 Å². The molecule has 2 rings (SSSR count). The van der Waals surface area contributed by atoms with Crippen LogP contribution in [0.5, 0.6) is 0 Å². The van der Waals surface area contributed by atoms with E-state index in [1.165, 1.54) is 0 Å². The Morgan fingerprint density at radius 2 is 1.78 bits per heavy atom. The van der Waals surface area contributed by atoms with Gasteiger partial charge in [-0.2, -0.15) is 0 Å². The Kier molecular flexibility index (Phi) is 3.44. The SMILES string of the molecule is CC(C)(C)c1nnc(Cl)n1C1CCS(=O)(=O)CC1. The molecule has 1 saturated heterocycles. The highest BCUT2D eigenvalue weighted by Gasteiger charge is 2.31. The molecule has 0 N–H and O–H groups in total. The minimum atomic E-state index is -2.87. The van der Waals surface area contributed by atoms with Gasteiger partial charge in [-0.05, 0) is 24.4 Å². The predicted molar refractivity (Wildman–Crippen MR) is 70.7 cm³/mol. The van der Waals surface area contributed by atoms with Gasteiger partial charge in [-0.15, -0.1) is 10.2 Å². The van der Waals surface area contributed by atoms with Gasteiger partial charge < -0.3 is 0 Å². The molecule has 18 heavy (non-hydrogen) atoms. The zero-order valence-corrected chi connectivity index (χ0v) is 12.4. The zero-order valence-electron chi connectivity index (χ0n) is 10.9. The maximum Gasteiger partial charge on any atom is 0.225 e. The van der Waals surface area contributed by atoms with E-state index in [9.17, 15) is 8.42 Å². The van der Waals surface area contributed by atoms with Crippen LogP contribution in [0, 0.1) is 0 Å². The molecule has 2 heterocycles. The molecule has 102 valence electrons. The molecular formula is C11H18ClN3O2S. The topological polar surface area (TPSA) is 64.8 Å². The van der Waals surface area contributed by atoms with Crippen LogP contribution in [0.1, 0.15) is 45.5 Å². The van der Waals surface area contributed by atoms with E-state index in [4.69, 9.17) is 11.6 Å². The van der Waals surface area contributed by atoms with Gasteiger partial charge in [0.2, 0.25) is 5.28 Å². The van der Waals surface area contributed by atoms with Crippen molar-refractivity contribution in [2.24, 2.45) is 0 Å². The summed E-state index contributed by atoms with van der Waals surface area (Å²) in [6.07, 6.45) is 1.17. The lowest BCUT2D eigenvalue weighted by molar-refractivity contribution is 0.403. The fourth-order valence-corrected chi connectivity index (χ4v) is 3.97. The van der Waals surface area contributed by atoms with E-state index in [0.717, 1.165) is 5.82 Å². The number of hydrogen-bond acceptors (Lipinski definition) is 4. The van der Waals surface area contributed by atoms with E-state index in [1.54, 1.807) is 0 Å². The van der Waals surface area contributed by atoms with E-state index >= 15 is 0 Å². The van der Waals surface area contributed by atoms with Crippen LogP contribution >= 0.6 is 11.6 Å². The van der Waals surface area contributed by atoms with Crippen molar-refractivity contribution in [2.75, 3.05) is 11.5 Å². The third kappa shape index (κ3) is 2.69. The predicted octanol–water partition coefficient (Wildman–Crippen LogP) is 1.98. The van der Waals surface area contributed by atoms with Crippen molar-refractivity contribution in [1.82, 2.24) is 14.8 Å². The van der Waals surface area contributed by atoms with Gasteiger partial charge in [0.25, 0.3) is 0 Å². The fourth-order valence-electron chi connectivity index (χ4n) is 2.24. The quantitative estimate of drug-likeness (QED) is 0.793. The zero-order chi connectivity index (χ0) is 13.6. The van der Waals surface area contributed by atoms with E-state index in [0.29, 0.717) is 18.1 Å². The summed E-state index contributed by atoms with van der Waals surface area (Å²) in [7, 11) is -2.87. The lowest BCUT2D eigenvalue weighted by Gasteiger charge is -2.28. The molecule has 0 radical (unpaired) electrons. The highest BCUT2D eigenvalue weighted by atomic mass is 35.5. The van der Waals surface area contributed by atoms with Crippen molar-refractivity contribution >= 4 is 21.4 Å². The molecule has 0 spiro atoms. The van der Waals surface area contributed by atoms with Gasteiger partial charge in [0.15, 0.2) is 0 Å². The molecule has 1 aliphatic heterocycles. The second kappa shape index (κ2) is 4.49. The first kappa shape index (κ1) is 13.8. The van der Waals surface area contributed by atoms with Gasteiger partial charge in [0, 0.05) is 11.5 Å². The number of nitrogens with zero attached hydrogens (tertiary/aromatic N) is 3. The summed E-state index contributed by atoms with van der Waals surface area (Å²) in [6.45, 7) is 6.14. The average Bonchev–Trinajstić information content (AvgIpc) is 2.60. The van der Waals surface area contributed by atoms with Crippen molar-refractivity contribution < 1.29 is 8.42 Å². The molecule has 0 unspecified atom stereocenters. The molecule has 1 aliphatic rings. The molecular weight excluding hydrogens is 274 g/mol. The van der Waals surface area contributed by atoms with Crippen molar-refractivity contribution in [2.45, 2.75) is 45.1 Å². The van der Waals surface area contributed by atoms with Crippen molar-refractivity contribution in [3.8, 4) is 0 Å². The number of halogens is 1. The first-order valence-electron chi connectivity index (χ1n) is 6.02. The van der Waals surface area contributed by atoms with Gasteiger partial charge in [0.05, 0.1) is 11.5 Å². The van der Waals surface area contributed by atoms with Crippen LogP contribution in [-0.4, -0.2) is 34.7 Å². The van der Waals surface area contributed by atoms with E-state index in [1.807, 2.05) is 25.3 Å². The van der Waals surface area contributed by atoms with Crippen LogP contribution in [-0.2, 0) is 15.3 Å². The highest BCUT2D eigenvalue weighted by molar-refractivity contribution is 7.91. The Labute approximate surface area is 112 Å². The monoisotopic (exact) mass is 291 g/mol. The summed E-state index contributed by atoms with van der Waals surface area (Å²) in [6, 6.07) is 0.0882. The summed E-state index contributed by atoms with van der Waals surface area (Å²) < 4.78 is 24.8. The Morgan fingerprint density at radius 1 is 1.22 bits per heavy atom. The smallest absolute Gasteiger partial charge is 0.225 e. The van der Waals surface area contributed by atoms with Crippen LogP contribution in [0.15, 0.2) is 0 Å².